The molecule has 10 heteroatoms. The average Bonchev–Trinajstić information content (AvgIpc) is 2.73. The minimum Gasteiger partial charge on any atom is -0.482 e. The molecule has 1 amide bonds. The van der Waals surface area contributed by atoms with E-state index in [2.05, 4.69) is 0 Å². The second kappa shape index (κ2) is 9.64. The van der Waals surface area contributed by atoms with E-state index in [1.807, 2.05) is 6.07 Å². The van der Waals surface area contributed by atoms with Crippen LogP contribution in [0.2, 0.25) is 0 Å². The van der Waals surface area contributed by atoms with Crippen molar-refractivity contribution in [3.05, 3.63) is 41.6 Å². The quantitative estimate of drug-likeness (QED) is 0.341. The molecule has 0 unspecified atom stereocenters. The molecule has 32 heavy (non-hydrogen) atoms. The summed E-state index contributed by atoms with van der Waals surface area (Å²) in [7, 11) is 0. The second-order valence-electron chi connectivity index (χ2n) is 8.16. The zero-order chi connectivity index (χ0) is 23.5. The van der Waals surface area contributed by atoms with Crippen molar-refractivity contribution in [1.29, 1.82) is 0 Å². The largest absolute Gasteiger partial charge is 0.482 e. The Morgan fingerprint density at radius 3 is 2.47 bits per heavy atom. The molecule has 1 fully saturated rings. The van der Waals surface area contributed by atoms with Gasteiger partial charge in [0.2, 0.25) is 6.10 Å². The summed E-state index contributed by atoms with van der Waals surface area (Å²) in [6, 6.07) is 8.75. The first-order valence-electron chi connectivity index (χ1n) is 9.97. The molecule has 2 heterocycles. The summed E-state index contributed by atoms with van der Waals surface area (Å²) in [6.45, 7) is 5.90. The zero-order valence-corrected chi connectivity index (χ0v) is 19.1. The molecule has 9 nitrogen and oxygen atoms in total. The van der Waals surface area contributed by atoms with Crippen LogP contribution in [0.15, 0.2) is 41.6 Å². The van der Waals surface area contributed by atoms with E-state index < -0.39 is 40.9 Å². The highest BCUT2D eigenvalue weighted by Gasteiger charge is 2.56. The monoisotopic (exact) mass is 463 g/mol. The van der Waals surface area contributed by atoms with Crippen molar-refractivity contribution in [1.82, 2.24) is 4.90 Å². The molecule has 2 aliphatic rings. The van der Waals surface area contributed by atoms with Crippen LogP contribution in [0.5, 0.6) is 5.75 Å². The number of para-hydroxylation sites is 1. The number of thioether (sulfide) groups is 1. The summed E-state index contributed by atoms with van der Waals surface area (Å²) in [5, 5.41) is -0.577. The van der Waals surface area contributed by atoms with Crippen molar-refractivity contribution in [3.63, 3.8) is 0 Å². The number of ether oxygens (including phenoxy) is 4. The first-order valence-corrected chi connectivity index (χ1v) is 11.0. The molecule has 1 aromatic carbocycles. The topological polar surface area (TPSA) is 108 Å². The van der Waals surface area contributed by atoms with E-state index in [1.165, 1.54) is 23.6 Å². The molecule has 0 radical (unpaired) electrons. The van der Waals surface area contributed by atoms with Crippen LogP contribution in [-0.4, -0.2) is 64.8 Å². The first kappa shape index (κ1) is 23.6. The van der Waals surface area contributed by atoms with E-state index in [1.54, 1.807) is 45.0 Å². The lowest BCUT2D eigenvalue weighted by Gasteiger charge is -2.48. The molecule has 1 saturated heterocycles. The third-order valence-corrected chi connectivity index (χ3v) is 5.71. The molecule has 0 spiro atoms. The van der Waals surface area contributed by atoms with Gasteiger partial charge in [-0.2, -0.15) is 0 Å². The molecule has 0 bridgehead atoms. The molecule has 3 rings (SSSR count). The Kier molecular flexibility index (Phi) is 7.12. The Hall–Kier alpha value is -3.01. The highest BCUT2D eigenvalue weighted by atomic mass is 32.2. The van der Waals surface area contributed by atoms with Crippen molar-refractivity contribution >= 4 is 35.6 Å². The SMILES string of the molecule is CC(=O)OCC1=C(C(=O)OC(C)(C)C)N2C(=O)[C@H](OC(=O)COc3ccccc3)[C@H]2SC1. The second-order valence-corrected chi connectivity index (χ2v) is 9.26. The van der Waals surface area contributed by atoms with Gasteiger partial charge in [0.05, 0.1) is 0 Å². The fourth-order valence-electron chi connectivity index (χ4n) is 3.07. The number of fused-ring (bicyclic) bond motifs is 1. The maximum Gasteiger partial charge on any atom is 0.355 e. The van der Waals surface area contributed by atoms with Crippen LogP contribution >= 0.6 is 11.8 Å². The lowest BCUT2D eigenvalue weighted by Crippen LogP contribution is -2.66. The van der Waals surface area contributed by atoms with Gasteiger partial charge >= 0.3 is 17.9 Å². The number of hydrogen-bond donors (Lipinski definition) is 0. The van der Waals surface area contributed by atoms with Crippen LogP contribution in [0.3, 0.4) is 0 Å². The Morgan fingerprint density at radius 1 is 1.16 bits per heavy atom. The van der Waals surface area contributed by atoms with Crippen molar-refractivity contribution in [2.24, 2.45) is 0 Å². The fraction of sp³-hybridized carbons (Fsp3) is 0.455. The first-order chi connectivity index (χ1) is 15.1. The van der Waals surface area contributed by atoms with Gasteiger partial charge in [0.25, 0.3) is 5.91 Å². The van der Waals surface area contributed by atoms with Crippen LogP contribution in [0, 0.1) is 0 Å². The third kappa shape index (κ3) is 5.61. The number of rotatable bonds is 7. The number of amides is 1. The summed E-state index contributed by atoms with van der Waals surface area (Å²) >= 11 is 1.31. The molecular weight excluding hydrogens is 438 g/mol. The van der Waals surface area contributed by atoms with E-state index in [-0.39, 0.29) is 18.9 Å². The minimum atomic E-state index is -1.04. The fourth-order valence-corrected chi connectivity index (χ4v) is 4.37. The lowest BCUT2D eigenvalue weighted by atomic mass is 10.0. The van der Waals surface area contributed by atoms with Crippen molar-refractivity contribution in [2.75, 3.05) is 19.0 Å². The predicted octanol–water partition coefficient (Wildman–Crippen LogP) is 2.05. The minimum absolute atomic E-state index is 0.0303. The van der Waals surface area contributed by atoms with E-state index in [0.717, 1.165) is 0 Å². The summed E-state index contributed by atoms with van der Waals surface area (Å²) < 4.78 is 21.2. The van der Waals surface area contributed by atoms with Crippen molar-refractivity contribution < 1.29 is 38.1 Å². The summed E-state index contributed by atoms with van der Waals surface area (Å²) in [6.07, 6.45) is -1.04. The van der Waals surface area contributed by atoms with Crippen LogP contribution in [-0.2, 0) is 33.4 Å². The van der Waals surface area contributed by atoms with Crippen molar-refractivity contribution in [2.45, 2.75) is 44.8 Å². The molecule has 0 N–H and O–H groups in total. The summed E-state index contributed by atoms with van der Waals surface area (Å²) in [4.78, 5) is 50.3. The lowest BCUT2D eigenvalue weighted by molar-refractivity contribution is -0.177. The summed E-state index contributed by atoms with van der Waals surface area (Å²) in [5.74, 6) is -1.63. The Labute approximate surface area is 190 Å². The molecule has 0 saturated carbocycles. The average molecular weight is 464 g/mol. The van der Waals surface area contributed by atoms with Crippen LogP contribution in [0.25, 0.3) is 0 Å². The molecule has 2 aliphatic heterocycles. The smallest absolute Gasteiger partial charge is 0.355 e. The van der Waals surface area contributed by atoms with E-state index >= 15 is 0 Å². The van der Waals surface area contributed by atoms with Crippen LogP contribution in [0.1, 0.15) is 27.7 Å². The van der Waals surface area contributed by atoms with E-state index in [4.69, 9.17) is 18.9 Å². The predicted molar refractivity (Wildman–Crippen MR) is 114 cm³/mol. The molecule has 0 aliphatic carbocycles. The maximum atomic E-state index is 12.8. The maximum absolute atomic E-state index is 12.8. The molecule has 172 valence electrons. The molecule has 2 atom stereocenters. The van der Waals surface area contributed by atoms with Gasteiger partial charge in [0, 0.05) is 18.2 Å². The number of hydrogen-bond acceptors (Lipinski definition) is 9. The standard InChI is InChI=1S/C22H25NO8S/c1-13(24)28-10-14-12-32-20-18(30-16(25)11-29-15-8-6-5-7-9-15)19(26)23(20)17(14)21(27)31-22(2,3)4/h5-9,18,20H,10-12H2,1-4H3/t18-,20+/m0/s1. The van der Waals surface area contributed by atoms with Gasteiger partial charge in [0.15, 0.2) is 6.61 Å². The summed E-state index contributed by atoms with van der Waals surface area (Å²) in [5.41, 5.74) is -0.297. The van der Waals surface area contributed by atoms with Crippen LogP contribution < -0.4 is 4.74 Å². The molecule has 1 aromatic rings. The zero-order valence-electron chi connectivity index (χ0n) is 18.3. The molecule has 0 aromatic heterocycles. The third-order valence-electron chi connectivity index (χ3n) is 4.40. The highest BCUT2D eigenvalue weighted by Crippen LogP contribution is 2.42. The van der Waals surface area contributed by atoms with Gasteiger partial charge < -0.3 is 18.9 Å². The van der Waals surface area contributed by atoms with Gasteiger partial charge in [-0.1, -0.05) is 18.2 Å². The molecular formula is C22H25NO8S. The number of β-lactam (4-membered cyclic amide) rings is 1. The van der Waals surface area contributed by atoms with Gasteiger partial charge in [0.1, 0.15) is 29.0 Å². The van der Waals surface area contributed by atoms with Crippen LogP contribution in [0.4, 0.5) is 0 Å². The van der Waals surface area contributed by atoms with Gasteiger partial charge in [-0.25, -0.2) is 9.59 Å². The van der Waals surface area contributed by atoms with Crippen molar-refractivity contribution in [3.8, 4) is 5.75 Å². The Morgan fingerprint density at radius 2 is 1.84 bits per heavy atom. The van der Waals surface area contributed by atoms with Gasteiger partial charge in [-0.05, 0) is 32.9 Å². The number of esters is 3. The van der Waals surface area contributed by atoms with Gasteiger partial charge in [-0.15, -0.1) is 11.8 Å². The van der Waals surface area contributed by atoms with Gasteiger partial charge in [-0.3, -0.25) is 14.5 Å². The number of benzene rings is 1. The Balaban J connectivity index is 1.70. The highest BCUT2D eigenvalue weighted by molar-refractivity contribution is 8.00. The normalized spacial score (nSPS) is 20.1. The number of nitrogens with zero attached hydrogens (tertiary/aromatic N) is 1. The Bertz CT molecular complexity index is 937. The van der Waals surface area contributed by atoms with E-state index in [9.17, 15) is 19.2 Å². The number of carbonyl (C=O) groups is 4. The number of carbonyl (C=O) groups excluding carboxylic acids is 4. The van der Waals surface area contributed by atoms with E-state index in [0.29, 0.717) is 17.1 Å².